The topological polar surface area (TPSA) is 78.4 Å². The second-order valence-electron chi connectivity index (χ2n) is 6.51. The highest BCUT2D eigenvalue weighted by Crippen LogP contribution is 2.47. The molecule has 0 aromatic carbocycles. The standard InChI is InChI=1S/C15H28N2O3/c1-4-15(5-6-15)10-17-14(20)16-9-12(7-11(2)3)8-13(18)19/h11-12H,4-10H2,1-3H3,(H,18,19)(H2,16,17,20)/t12-/m0/s1. The molecule has 1 aliphatic rings. The summed E-state index contributed by atoms with van der Waals surface area (Å²) >= 11 is 0. The number of amides is 2. The van der Waals surface area contributed by atoms with E-state index >= 15 is 0 Å². The van der Waals surface area contributed by atoms with Gasteiger partial charge in [0, 0.05) is 19.5 Å². The zero-order valence-corrected chi connectivity index (χ0v) is 12.9. The molecule has 0 radical (unpaired) electrons. The average molecular weight is 284 g/mol. The van der Waals surface area contributed by atoms with Crippen molar-refractivity contribution in [3.05, 3.63) is 0 Å². The molecule has 0 aliphatic heterocycles. The molecule has 1 fully saturated rings. The number of aliphatic carboxylic acids is 1. The summed E-state index contributed by atoms with van der Waals surface area (Å²) in [6, 6.07) is -0.177. The molecule has 0 bridgehead atoms. The number of carbonyl (C=O) groups is 2. The van der Waals surface area contributed by atoms with Crippen LogP contribution in [-0.2, 0) is 4.79 Å². The van der Waals surface area contributed by atoms with Crippen LogP contribution < -0.4 is 10.6 Å². The fourth-order valence-electron chi connectivity index (χ4n) is 2.55. The minimum absolute atomic E-state index is 0.000639. The zero-order valence-electron chi connectivity index (χ0n) is 12.9. The minimum Gasteiger partial charge on any atom is -0.481 e. The number of carbonyl (C=O) groups excluding carboxylic acids is 1. The Hall–Kier alpha value is -1.26. The average Bonchev–Trinajstić information content (AvgIpc) is 3.13. The number of hydrogen-bond donors (Lipinski definition) is 3. The van der Waals surface area contributed by atoms with Crippen LogP contribution in [0.1, 0.15) is 52.9 Å². The molecule has 0 spiro atoms. The summed E-state index contributed by atoms with van der Waals surface area (Å²) in [6.07, 6.45) is 4.41. The van der Waals surface area contributed by atoms with E-state index in [-0.39, 0.29) is 18.4 Å². The molecule has 1 aliphatic carbocycles. The maximum Gasteiger partial charge on any atom is 0.314 e. The van der Waals surface area contributed by atoms with Crippen LogP contribution >= 0.6 is 0 Å². The molecule has 20 heavy (non-hydrogen) atoms. The lowest BCUT2D eigenvalue weighted by atomic mass is 9.94. The maximum atomic E-state index is 11.7. The van der Waals surface area contributed by atoms with Gasteiger partial charge in [-0.25, -0.2) is 4.79 Å². The molecule has 1 atom stereocenters. The zero-order chi connectivity index (χ0) is 15.2. The number of carboxylic acid groups (broad SMARTS) is 1. The maximum absolute atomic E-state index is 11.7. The molecule has 0 aromatic rings. The molecule has 116 valence electrons. The second kappa shape index (κ2) is 7.50. The molecule has 0 heterocycles. The van der Waals surface area contributed by atoms with Gasteiger partial charge in [-0.3, -0.25) is 4.79 Å². The Morgan fingerprint density at radius 2 is 1.90 bits per heavy atom. The highest BCUT2D eigenvalue weighted by Gasteiger charge is 2.40. The first-order chi connectivity index (χ1) is 9.37. The van der Waals surface area contributed by atoms with E-state index in [1.165, 1.54) is 12.8 Å². The van der Waals surface area contributed by atoms with Gasteiger partial charge in [0.05, 0.1) is 0 Å². The van der Waals surface area contributed by atoms with Crippen LogP contribution in [0.15, 0.2) is 0 Å². The monoisotopic (exact) mass is 284 g/mol. The molecule has 5 heteroatoms. The summed E-state index contributed by atoms with van der Waals surface area (Å²) in [6.45, 7) is 7.43. The lowest BCUT2D eigenvalue weighted by molar-refractivity contribution is -0.138. The smallest absolute Gasteiger partial charge is 0.314 e. The normalized spacial score (nSPS) is 17.6. The molecular formula is C15H28N2O3. The summed E-state index contributed by atoms with van der Waals surface area (Å²) in [5.74, 6) is -0.376. The van der Waals surface area contributed by atoms with E-state index in [1.807, 2.05) is 0 Å². The van der Waals surface area contributed by atoms with E-state index in [9.17, 15) is 9.59 Å². The molecule has 5 nitrogen and oxygen atoms in total. The quantitative estimate of drug-likeness (QED) is 0.609. The minimum atomic E-state index is -0.805. The van der Waals surface area contributed by atoms with Crippen LogP contribution in [-0.4, -0.2) is 30.2 Å². The third-order valence-corrected chi connectivity index (χ3v) is 4.15. The lowest BCUT2D eigenvalue weighted by Crippen LogP contribution is -2.41. The summed E-state index contributed by atoms with van der Waals surface area (Å²) in [5, 5.41) is 14.6. The Balaban J connectivity index is 2.26. The fraction of sp³-hybridized carbons (Fsp3) is 0.867. The van der Waals surface area contributed by atoms with E-state index < -0.39 is 5.97 Å². The van der Waals surface area contributed by atoms with E-state index in [4.69, 9.17) is 5.11 Å². The highest BCUT2D eigenvalue weighted by molar-refractivity contribution is 5.74. The van der Waals surface area contributed by atoms with Crippen molar-refractivity contribution in [2.24, 2.45) is 17.3 Å². The summed E-state index contributed by atoms with van der Waals surface area (Å²) in [5.41, 5.74) is 0.329. The van der Waals surface area contributed by atoms with Crippen molar-refractivity contribution in [1.82, 2.24) is 10.6 Å². The van der Waals surface area contributed by atoms with Gasteiger partial charge < -0.3 is 15.7 Å². The Kier molecular flexibility index (Phi) is 6.30. The van der Waals surface area contributed by atoms with Crippen LogP contribution in [0.25, 0.3) is 0 Å². The Morgan fingerprint density at radius 1 is 1.25 bits per heavy atom. The summed E-state index contributed by atoms with van der Waals surface area (Å²) in [4.78, 5) is 22.6. The van der Waals surface area contributed by atoms with Crippen molar-refractivity contribution < 1.29 is 14.7 Å². The van der Waals surface area contributed by atoms with Crippen molar-refractivity contribution in [3.63, 3.8) is 0 Å². The molecule has 0 unspecified atom stereocenters. The highest BCUT2D eigenvalue weighted by atomic mass is 16.4. The Bertz CT molecular complexity index is 338. The SMILES string of the molecule is CCC1(CNC(=O)NC[C@H](CC(=O)O)CC(C)C)CC1. The van der Waals surface area contributed by atoms with Crippen molar-refractivity contribution in [2.75, 3.05) is 13.1 Å². The number of urea groups is 1. The number of hydrogen-bond acceptors (Lipinski definition) is 2. The first kappa shape index (κ1) is 16.8. The molecule has 1 saturated carbocycles. The van der Waals surface area contributed by atoms with E-state index in [2.05, 4.69) is 31.4 Å². The van der Waals surface area contributed by atoms with Gasteiger partial charge in [0.25, 0.3) is 0 Å². The largest absolute Gasteiger partial charge is 0.481 e. The van der Waals surface area contributed by atoms with Gasteiger partial charge in [0.2, 0.25) is 0 Å². The van der Waals surface area contributed by atoms with E-state index in [0.717, 1.165) is 19.4 Å². The van der Waals surface area contributed by atoms with E-state index in [1.54, 1.807) is 0 Å². The van der Waals surface area contributed by atoms with Crippen LogP contribution in [0.5, 0.6) is 0 Å². The first-order valence-electron chi connectivity index (χ1n) is 7.60. The van der Waals surface area contributed by atoms with Gasteiger partial charge in [-0.05, 0) is 42.9 Å². The third kappa shape index (κ3) is 6.26. The molecule has 2 amide bonds. The molecule has 0 saturated heterocycles. The molecule has 0 aromatic heterocycles. The predicted molar refractivity (Wildman–Crippen MR) is 78.6 cm³/mol. The lowest BCUT2D eigenvalue weighted by Gasteiger charge is -2.19. The van der Waals surface area contributed by atoms with E-state index in [0.29, 0.717) is 17.9 Å². The van der Waals surface area contributed by atoms with Gasteiger partial charge in [-0.15, -0.1) is 0 Å². The first-order valence-corrected chi connectivity index (χ1v) is 7.60. The van der Waals surface area contributed by atoms with Gasteiger partial charge in [0.15, 0.2) is 0 Å². The third-order valence-electron chi connectivity index (χ3n) is 4.15. The van der Waals surface area contributed by atoms with Crippen LogP contribution in [0.4, 0.5) is 4.79 Å². The van der Waals surface area contributed by atoms with Crippen molar-refractivity contribution in [1.29, 1.82) is 0 Å². The summed E-state index contributed by atoms with van der Waals surface area (Å²) in [7, 11) is 0. The van der Waals surface area contributed by atoms with Crippen LogP contribution in [0.2, 0.25) is 0 Å². The van der Waals surface area contributed by atoms with Gasteiger partial charge in [-0.1, -0.05) is 20.8 Å². The van der Waals surface area contributed by atoms with Gasteiger partial charge in [0.1, 0.15) is 0 Å². The predicted octanol–water partition coefficient (Wildman–Crippen LogP) is 2.61. The van der Waals surface area contributed by atoms with Gasteiger partial charge in [-0.2, -0.15) is 0 Å². The van der Waals surface area contributed by atoms with Crippen molar-refractivity contribution in [3.8, 4) is 0 Å². The molecule has 1 rings (SSSR count). The number of nitrogens with one attached hydrogen (secondary N) is 2. The van der Waals surface area contributed by atoms with Crippen molar-refractivity contribution in [2.45, 2.75) is 52.9 Å². The number of carboxylic acids is 1. The Labute approximate surface area is 121 Å². The van der Waals surface area contributed by atoms with Crippen LogP contribution in [0.3, 0.4) is 0 Å². The summed E-state index contributed by atoms with van der Waals surface area (Å²) < 4.78 is 0. The van der Waals surface area contributed by atoms with Gasteiger partial charge >= 0.3 is 12.0 Å². The second-order valence-corrected chi connectivity index (χ2v) is 6.51. The molecule has 3 N–H and O–H groups in total. The number of rotatable bonds is 9. The Morgan fingerprint density at radius 3 is 2.35 bits per heavy atom. The van der Waals surface area contributed by atoms with Crippen molar-refractivity contribution >= 4 is 12.0 Å². The molecular weight excluding hydrogens is 256 g/mol. The fourth-order valence-corrected chi connectivity index (χ4v) is 2.55. The van der Waals surface area contributed by atoms with Crippen LogP contribution in [0, 0.1) is 17.3 Å².